The van der Waals surface area contributed by atoms with Gasteiger partial charge in [0.15, 0.2) is 5.13 Å². The molecule has 1 aromatic carbocycles. The van der Waals surface area contributed by atoms with Gasteiger partial charge >= 0.3 is 0 Å². The number of nitrogens with one attached hydrogen (secondary N) is 1. The molecule has 158 valence electrons. The molecule has 2 amide bonds. The van der Waals surface area contributed by atoms with Crippen molar-refractivity contribution in [1.29, 1.82) is 0 Å². The maximum absolute atomic E-state index is 12.7. The van der Waals surface area contributed by atoms with E-state index in [-0.39, 0.29) is 17.7 Å². The zero-order chi connectivity index (χ0) is 20.5. The topological polar surface area (TPSA) is 65.5 Å². The number of carbonyl (C=O) groups is 2. The summed E-state index contributed by atoms with van der Waals surface area (Å²) in [7, 11) is 0. The number of carbonyl (C=O) groups excluding carboxylic acids is 2. The molecule has 0 unspecified atom stereocenters. The van der Waals surface area contributed by atoms with E-state index in [1.165, 1.54) is 11.3 Å². The minimum Gasteiger partial charge on any atom is -0.345 e. The van der Waals surface area contributed by atoms with Gasteiger partial charge in [0.1, 0.15) is 0 Å². The molecule has 2 fully saturated rings. The number of fused-ring (bicyclic) bond motifs is 1. The summed E-state index contributed by atoms with van der Waals surface area (Å²) in [5, 5.41) is 4.10. The predicted molar refractivity (Wildman–Crippen MR) is 119 cm³/mol. The number of rotatable bonds is 4. The molecule has 2 aromatic rings. The Kier molecular flexibility index (Phi) is 5.46. The molecule has 6 nitrogen and oxygen atoms in total. The Bertz CT molecular complexity index is 917. The van der Waals surface area contributed by atoms with E-state index in [9.17, 15) is 9.59 Å². The van der Waals surface area contributed by atoms with Gasteiger partial charge in [0, 0.05) is 48.6 Å². The maximum Gasteiger partial charge on any atom is 0.227 e. The van der Waals surface area contributed by atoms with Gasteiger partial charge in [0.25, 0.3) is 0 Å². The van der Waals surface area contributed by atoms with Gasteiger partial charge in [-0.1, -0.05) is 24.6 Å². The van der Waals surface area contributed by atoms with Crippen LogP contribution in [0, 0.1) is 11.8 Å². The van der Waals surface area contributed by atoms with Crippen LogP contribution in [-0.4, -0.2) is 47.9 Å². The van der Waals surface area contributed by atoms with Crippen LogP contribution in [0.2, 0.25) is 0 Å². The first-order valence-electron chi connectivity index (χ1n) is 11.1. The molecule has 0 spiro atoms. The Morgan fingerprint density at radius 2 is 1.77 bits per heavy atom. The third kappa shape index (κ3) is 3.95. The molecule has 1 saturated heterocycles. The molecule has 1 saturated carbocycles. The first-order valence-corrected chi connectivity index (χ1v) is 11.9. The second-order valence-electron chi connectivity index (χ2n) is 8.60. The number of amides is 2. The van der Waals surface area contributed by atoms with E-state index in [0.29, 0.717) is 5.91 Å². The predicted octanol–water partition coefficient (Wildman–Crippen LogP) is 3.34. The third-order valence-corrected chi connectivity index (χ3v) is 7.84. The molecule has 1 atom stereocenters. The fourth-order valence-corrected chi connectivity index (χ4v) is 5.76. The van der Waals surface area contributed by atoms with Crippen molar-refractivity contribution in [2.75, 3.05) is 36.4 Å². The Hall–Kier alpha value is -2.41. The third-order valence-electron chi connectivity index (χ3n) is 6.66. The average molecular weight is 425 g/mol. The number of hydrogen-bond donors (Lipinski definition) is 1. The summed E-state index contributed by atoms with van der Waals surface area (Å²) in [6.07, 6.45) is 5.81. The van der Waals surface area contributed by atoms with Crippen molar-refractivity contribution in [1.82, 2.24) is 9.88 Å². The highest BCUT2D eigenvalue weighted by molar-refractivity contribution is 7.15. The second-order valence-corrected chi connectivity index (χ2v) is 9.66. The number of hydrogen-bond acceptors (Lipinski definition) is 5. The largest absolute Gasteiger partial charge is 0.345 e. The lowest BCUT2D eigenvalue weighted by Crippen LogP contribution is -2.51. The number of para-hydroxylation sites is 1. The summed E-state index contributed by atoms with van der Waals surface area (Å²) in [5.74, 6) is 0.738. The van der Waals surface area contributed by atoms with Crippen molar-refractivity contribution in [2.24, 2.45) is 11.8 Å². The molecule has 3 aliphatic rings. The summed E-state index contributed by atoms with van der Waals surface area (Å²) in [4.78, 5) is 35.7. The smallest absolute Gasteiger partial charge is 0.227 e. The highest BCUT2D eigenvalue weighted by Crippen LogP contribution is 2.35. The lowest BCUT2D eigenvalue weighted by Gasteiger charge is -2.38. The number of nitrogens with zero attached hydrogens (tertiary/aromatic N) is 3. The normalized spacial score (nSPS) is 21.7. The van der Waals surface area contributed by atoms with Gasteiger partial charge in [-0.15, -0.1) is 11.3 Å². The summed E-state index contributed by atoms with van der Waals surface area (Å²) >= 11 is 1.73. The molecule has 7 heteroatoms. The molecule has 1 aliphatic heterocycles. The van der Waals surface area contributed by atoms with Crippen molar-refractivity contribution >= 4 is 34.0 Å². The number of anilines is 2. The molecule has 2 aliphatic carbocycles. The maximum atomic E-state index is 12.7. The van der Waals surface area contributed by atoms with Gasteiger partial charge in [0.05, 0.1) is 5.69 Å². The Morgan fingerprint density at radius 3 is 2.47 bits per heavy atom. The van der Waals surface area contributed by atoms with E-state index in [1.54, 1.807) is 11.3 Å². The van der Waals surface area contributed by atoms with Crippen molar-refractivity contribution in [2.45, 2.75) is 38.5 Å². The first kappa shape index (κ1) is 19.5. The van der Waals surface area contributed by atoms with Crippen molar-refractivity contribution in [3.05, 3.63) is 40.9 Å². The number of benzene rings is 1. The van der Waals surface area contributed by atoms with Crippen LogP contribution in [-0.2, 0) is 22.4 Å². The molecule has 2 heterocycles. The van der Waals surface area contributed by atoms with Crippen LogP contribution >= 0.6 is 11.3 Å². The molecule has 0 radical (unpaired) electrons. The first-order chi connectivity index (χ1) is 14.7. The van der Waals surface area contributed by atoms with Gasteiger partial charge in [-0.3, -0.25) is 9.59 Å². The molecule has 0 bridgehead atoms. The van der Waals surface area contributed by atoms with Gasteiger partial charge in [0.2, 0.25) is 11.8 Å². The van der Waals surface area contributed by atoms with Crippen molar-refractivity contribution in [3.63, 3.8) is 0 Å². The zero-order valence-corrected chi connectivity index (χ0v) is 18.0. The monoisotopic (exact) mass is 424 g/mol. The lowest BCUT2D eigenvalue weighted by molar-refractivity contribution is -0.138. The number of thiazole rings is 1. The highest BCUT2D eigenvalue weighted by Gasteiger charge is 2.33. The van der Waals surface area contributed by atoms with Gasteiger partial charge < -0.3 is 15.1 Å². The fourth-order valence-electron chi connectivity index (χ4n) is 4.52. The Morgan fingerprint density at radius 1 is 1.00 bits per heavy atom. The summed E-state index contributed by atoms with van der Waals surface area (Å²) in [6.45, 7) is 3.29. The number of aromatic nitrogens is 1. The Balaban J connectivity index is 1.18. The quantitative estimate of drug-likeness (QED) is 0.818. The molecule has 30 heavy (non-hydrogen) atoms. The summed E-state index contributed by atoms with van der Waals surface area (Å²) in [5.41, 5.74) is 2.01. The van der Waals surface area contributed by atoms with Gasteiger partial charge in [-0.25, -0.2) is 4.98 Å². The second kappa shape index (κ2) is 8.38. The summed E-state index contributed by atoms with van der Waals surface area (Å²) in [6, 6.07) is 9.66. The van der Waals surface area contributed by atoms with E-state index in [0.717, 1.165) is 74.8 Å². The Labute approximate surface area is 181 Å². The van der Waals surface area contributed by atoms with Gasteiger partial charge in [-0.2, -0.15) is 0 Å². The number of piperazine rings is 1. The fraction of sp³-hybridized carbons (Fsp3) is 0.522. The lowest BCUT2D eigenvalue weighted by atomic mass is 9.84. The SMILES string of the molecule is O=C(Nc1ccccc1)[C@H]1CCc2nc(N3CCN(C(=O)C4CCC4)CC3)sc2C1. The van der Waals surface area contributed by atoms with Crippen molar-refractivity contribution in [3.8, 4) is 0 Å². The summed E-state index contributed by atoms with van der Waals surface area (Å²) < 4.78 is 0. The van der Waals surface area contributed by atoms with Gasteiger partial charge in [-0.05, 0) is 44.2 Å². The molecular weight excluding hydrogens is 396 g/mol. The van der Waals surface area contributed by atoms with E-state index in [4.69, 9.17) is 4.98 Å². The zero-order valence-electron chi connectivity index (χ0n) is 17.2. The van der Waals surface area contributed by atoms with E-state index in [1.807, 2.05) is 35.2 Å². The van der Waals surface area contributed by atoms with Crippen LogP contribution < -0.4 is 10.2 Å². The van der Waals surface area contributed by atoms with Crippen LogP contribution in [0.4, 0.5) is 10.8 Å². The van der Waals surface area contributed by atoms with Crippen LogP contribution in [0.5, 0.6) is 0 Å². The minimum absolute atomic E-state index is 0.00273. The minimum atomic E-state index is 0.00273. The van der Waals surface area contributed by atoms with Crippen LogP contribution in [0.1, 0.15) is 36.3 Å². The van der Waals surface area contributed by atoms with Crippen LogP contribution in [0.3, 0.4) is 0 Å². The number of aryl methyl sites for hydroxylation is 1. The van der Waals surface area contributed by atoms with Crippen LogP contribution in [0.15, 0.2) is 30.3 Å². The molecule has 1 N–H and O–H groups in total. The molecular formula is C23H28N4O2S. The van der Waals surface area contributed by atoms with E-state index < -0.39 is 0 Å². The van der Waals surface area contributed by atoms with E-state index in [2.05, 4.69) is 10.2 Å². The van der Waals surface area contributed by atoms with Crippen LogP contribution in [0.25, 0.3) is 0 Å². The highest BCUT2D eigenvalue weighted by atomic mass is 32.1. The van der Waals surface area contributed by atoms with E-state index >= 15 is 0 Å². The molecule has 5 rings (SSSR count). The van der Waals surface area contributed by atoms with Crippen molar-refractivity contribution < 1.29 is 9.59 Å². The average Bonchev–Trinajstić information content (AvgIpc) is 3.16. The standard InChI is InChI=1S/C23H28N4O2S/c28-21(24-18-7-2-1-3-8-18)17-9-10-19-20(15-17)30-23(25-19)27-13-11-26(12-14-27)22(29)16-5-4-6-16/h1-3,7-8,16-17H,4-6,9-15H2,(H,24,28)/t17-/m0/s1. The molecule has 1 aromatic heterocycles.